The molecule has 2 atom stereocenters. The fraction of sp³-hybridized carbons (Fsp3) is 0.172. The highest BCUT2D eigenvalue weighted by Crippen LogP contribution is 2.45. The van der Waals surface area contributed by atoms with Gasteiger partial charge in [-0.25, -0.2) is 0 Å². The number of nitrogens with zero attached hydrogens (tertiary/aromatic N) is 3. The molecule has 4 aromatic rings. The quantitative estimate of drug-likeness (QED) is 0.0930. The minimum absolute atomic E-state index is 0.0251. The molecule has 39 heavy (non-hydrogen) atoms. The number of fused-ring (bicyclic) bond motifs is 1. The van der Waals surface area contributed by atoms with E-state index in [-0.39, 0.29) is 22.6 Å². The zero-order valence-corrected chi connectivity index (χ0v) is 23.1. The third-order valence-corrected chi connectivity index (χ3v) is 8.95. The molecular weight excluding hydrogens is 554 g/mol. The highest BCUT2D eigenvalue weighted by atomic mass is 35.5. The Morgan fingerprint density at radius 2 is 1.92 bits per heavy atom. The van der Waals surface area contributed by atoms with Gasteiger partial charge in [0.1, 0.15) is 17.6 Å². The number of halogens is 1. The maximum absolute atomic E-state index is 13.5. The molecule has 0 radical (unpaired) electrons. The summed E-state index contributed by atoms with van der Waals surface area (Å²) in [5.74, 6) is -0.398. The number of hydrogen-bond donors (Lipinski definition) is 1. The van der Waals surface area contributed by atoms with Crippen molar-refractivity contribution in [1.29, 1.82) is 0 Å². The van der Waals surface area contributed by atoms with Crippen molar-refractivity contribution >= 4 is 57.3 Å². The van der Waals surface area contributed by atoms with Crippen LogP contribution in [0.2, 0.25) is 5.02 Å². The van der Waals surface area contributed by atoms with Crippen LogP contribution in [0.5, 0.6) is 5.75 Å². The van der Waals surface area contributed by atoms with Gasteiger partial charge in [-0.3, -0.25) is 14.5 Å². The Morgan fingerprint density at radius 3 is 2.72 bits per heavy atom. The van der Waals surface area contributed by atoms with E-state index < -0.39 is 17.7 Å². The molecule has 1 N–H and O–H groups in total. The van der Waals surface area contributed by atoms with Crippen molar-refractivity contribution in [2.24, 2.45) is 0 Å². The van der Waals surface area contributed by atoms with Crippen molar-refractivity contribution in [3.63, 3.8) is 0 Å². The molecule has 0 aliphatic carbocycles. The molecule has 2 aliphatic rings. The summed E-state index contributed by atoms with van der Waals surface area (Å²) in [6, 6.07) is 21.2. The van der Waals surface area contributed by atoms with Crippen molar-refractivity contribution in [2.75, 3.05) is 4.90 Å². The van der Waals surface area contributed by atoms with Gasteiger partial charge >= 0.3 is 5.91 Å². The average Bonchev–Trinajstić information content (AvgIpc) is 3.62. The van der Waals surface area contributed by atoms with Crippen LogP contribution < -0.4 is 9.64 Å². The number of amides is 1. The lowest BCUT2D eigenvalue weighted by atomic mass is 9.94. The van der Waals surface area contributed by atoms with Gasteiger partial charge in [-0.05, 0) is 53.9 Å². The van der Waals surface area contributed by atoms with Crippen LogP contribution in [0.25, 0.3) is 5.76 Å². The smallest absolute Gasteiger partial charge is 0.301 e. The van der Waals surface area contributed by atoms with E-state index in [1.54, 1.807) is 42.5 Å². The van der Waals surface area contributed by atoms with Crippen LogP contribution in [-0.2, 0) is 21.8 Å². The van der Waals surface area contributed by atoms with Crippen LogP contribution >= 0.6 is 34.7 Å². The molecular formula is C29H22ClN3O4S2. The van der Waals surface area contributed by atoms with Crippen molar-refractivity contribution in [1.82, 2.24) is 10.2 Å². The summed E-state index contributed by atoms with van der Waals surface area (Å²) in [5.41, 5.74) is 3.06. The first-order valence-electron chi connectivity index (χ1n) is 12.3. The van der Waals surface area contributed by atoms with Crippen LogP contribution in [0.1, 0.15) is 35.2 Å². The Hall–Kier alpha value is -3.66. The number of ketones is 1. The summed E-state index contributed by atoms with van der Waals surface area (Å²) in [7, 11) is 0. The fourth-order valence-electron chi connectivity index (χ4n) is 4.82. The Labute approximate surface area is 238 Å². The second kappa shape index (κ2) is 10.5. The third-order valence-electron chi connectivity index (χ3n) is 6.59. The van der Waals surface area contributed by atoms with Gasteiger partial charge in [0.15, 0.2) is 4.34 Å². The number of anilines is 1. The molecule has 2 aliphatic heterocycles. The number of aliphatic hydroxyl groups is 1. The van der Waals surface area contributed by atoms with Gasteiger partial charge in [-0.2, -0.15) is 0 Å². The summed E-state index contributed by atoms with van der Waals surface area (Å²) in [5, 5.41) is 20.7. The van der Waals surface area contributed by atoms with E-state index in [1.807, 2.05) is 37.3 Å². The van der Waals surface area contributed by atoms with Gasteiger partial charge in [-0.1, -0.05) is 77.2 Å². The molecule has 1 saturated heterocycles. The number of aromatic nitrogens is 2. The number of carbonyl (C=O) groups excluding carboxylic acids is 2. The number of aliphatic hydroxyl groups excluding tert-OH is 1. The summed E-state index contributed by atoms with van der Waals surface area (Å²) < 4.78 is 6.44. The molecule has 0 bridgehead atoms. The second-order valence-corrected chi connectivity index (χ2v) is 11.9. The number of rotatable bonds is 6. The molecule has 6 rings (SSSR count). The molecule has 1 fully saturated rings. The van der Waals surface area contributed by atoms with Gasteiger partial charge in [0.05, 0.1) is 11.6 Å². The molecule has 1 amide bonds. The monoisotopic (exact) mass is 575 g/mol. The first-order valence-corrected chi connectivity index (χ1v) is 14.4. The molecule has 10 heteroatoms. The standard InChI is InChI=1S/C29H22ClN3O4S2/c1-16-12-20-13-19(10-11-22(20)37-16)25(34)23-24(18-8-5-9-21(30)14-18)33(27(36)26(23)35)28-31-32-29(39-28)38-15-17-6-3-2-4-7-17/h2-11,13-14,16,24,34H,12,15H2,1H3/t16-,24+/m0/s1. The lowest BCUT2D eigenvalue weighted by molar-refractivity contribution is -0.132. The largest absolute Gasteiger partial charge is 0.507 e. The SMILES string of the molecule is C[C@H]1Cc2cc(C(O)=C3C(=O)C(=O)N(c4nnc(SCc5ccccc5)s4)[C@@H]3c3cccc(Cl)c3)ccc2O1. The summed E-state index contributed by atoms with van der Waals surface area (Å²) in [6.07, 6.45) is 0.720. The zero-order valence-electron chi connectivity index (χ0n) is 20.7. The first-order chi connectivity index (χ1) is 18.9. The van der Waals surface area contributed by atoms with Crippen LogP contribution in [0.15, 0.2) is 82.7 Å². The second-order valence-electron chi connectivity index (χ2n) is 9.30. The number of benzene rings is 3. The molecule has 196 valence electrons. The molecule has 1 aromatic heterocycles. The summed E-state index contributed by atoms with van der Waals surface area (Å²) in [6.45, 7) is 1.97. The van der Waals surface area contributed by atoms with Crippen molar-refractivity contribution in [3.05, 3.63) is 106 Å². The maximum Gasteiger partial charge on any atom is 0.301 e. The number of ether oxygens (including phenoxy) is 1. The van der Waals surface area contributed by atoms with Crippen LogP contribution in [0.4, 0.5) is 5.13 Å². The molecule has 3 aromatic carbocycles. The van der Waals surface area contributed by atoms with E-state index in [9.17, 15) is 14.7 Å². The number of thioether (sulfide) groups is 1. The Kier molecular flexibility index (Phi) is 6.88. The summed E-state index contributed by atoms with van der Waals surface area (Å²) in [4.78, 5) is 28.2. The van der Waals surface area contributed by atoms with Gasteiger partial charge in [0.25, 0.3) is 5.78 Å². The zero-order chi connectivity index (χ0) is 27.1. The topological polar surface area (TPSA) is 92.6 Å². The van der Waals surface area contributed by atoms with E-state index in [1.165, 1.54) is 28.0 Å². The normalized spacial score (nSPS) is 19.8. The van der Waals surface area contributed by atoms with E-state index >= 15 is 0 Å². The van der Waals surface area contributed by atoms with Crippen molar-refractivity contribution in [2.45, 2.75) is 35.6 Å². The van der Waals surface area contributed by atoms with Crippen molar-refractivity contribution in [3.8, 4) is 5.75 Å². The lowest BCUT2D eigenvalue weighted by Gasteiger charge is -2.22. The molecule has 0 saturated carbocycles. The van der Waals surface area contributed by atoms with E-state index in [2.05, 4.69) is 10.2 Å². The first kappa shape index (κ1) is 25.6. The minimum atomic E-state index is -0.924. The predicted molar refractivity (Wildman–Crippen MR) is 152 cm³/mol. The Balaban J connectivity index is 1.40. The van der Waals surface area contributed by atoms with Gasteiger partial charge < -0.3 is 9.84 Å². The number of Topliss-reactive ketones (excluding diaryl/α,β-unsaturated/α-hetero) is 1. The molecule has 0 unspecified atom stereocenters. The average molecular weight is 576 g/mol. The number of hydrogen-bond acceptors (Lipinski definition) is 8. The van der Waals surface area contributed by atoms with E-state index in [0.29, 0.717) is 32.7 Å². The van der Waals surface area contributed by atoms with Gasteiger partial charge in [0, 0.05) is 22.8 Å². The predicted octanol–water partition coefficient (Wildman–Crippen LogP) is 6.43. The lowest BCUT2D eigenvalue weighted by Crippen LogP contribution is -2.29. The van der Waals surface area contributed by atoms with Crippen LogP contribution in [-0.4, -0.2) is 33.1 Å². The highest BCUT2D eigenvalue weighted by Gasteiger charge is 2.48. The maximum atomic E-state index is 13.5. The summed E-state index contributed by atoms with van der Waals surface area (Å²) >= 11 is 9.03. The van der Waals surface area contributed by atoms with Crippen LogP contribution in [0, 0.1) is 0 Å². The Morgan fingerprint density at radius 1 is 1.10 bits per heavy atom. The fourth-order valence-corrected chi connectivity index (χ4v) is 6.85. The molecule has 3 heterocycles. The Bertz CT molecular complexity index is 1620. The van der Waals surface area contributed by atoms with Crippen LogP contribution in [0.3, 0.4) is 0 Å². The highest BCUT2D eigenvalue weighted by molar-refractivity contribution is 8.00. The van der Waals surface area contributed by atoms with E-state index in [0.717, 1.165) is 16.9 Å². The molecule has 7 nitrogen and oxygen atoms in total. The van der Waals surface area contributed by atoms with Gasteiger partial charge in [0.2, 0.25) is 5.13 Å². The van der Waals surface area contributed by atoms with E-state index in [4.69, 9.17) is 16.3 Å². The number of carbonyl (C=O) groups is 2. The molecule has 0 spiro atoms. The van der Waals surface area contributed by atoms with Gasteiger partial charge in [-0.15, -0.1) is 10.2 Å². The third kappa shape index (κ3) is 4.93. The van der Waals surface area contributed by atoms with Crippen molar-refractivity contribution < 1.29 is 19.4 Å². The minimum Gasteiger partial charge on any atom is -0.507 e.